The normalized spacial score (nSPS) is 11.3. The van der Waals surface area contributed by atoms with Crippen LogP contribution in [0.3, 0.4) is 0 Å². The second-order valence-electron chi connectivity index (χ2n) is 2.27. The zero-order valence-corrected chi connectivity index (χ0v) is 8.37. The zero-order chi connectivity index (χ0) is 12.4. The summed E-state index contributed by atoms with van der Waals surface area (Å²) in [5, 5.41) is 7.81. The Morgan fingerprint density at radius 1 is 1.27 bits per heavy atom. The van der Waals surface area contributed by atoms with Gasteiger partial charge in [0.05, 0.1) is 6.61 Å². The van der Waals surface area contributed by atoms with Crippen molar-refractivity contribution < 1.29 is 32.6 Å². The van der Waals surface area contributed by atoms with Crippen molar-refractivity contribution in [2.24, 2.45) is 0 Å². The number of halogens is 3. The van der Waals surface area contributed by atoms with E-state index < -0.39 is 24.5 Å². The summed E-state index contributed by atoms with van der Waals surface area (Å²) in [6, 6.07) is 0. The summed E-state index contributed by atoms with van der Waals surface area (Å²) in [7, 11) is 0. The van der Waals surface area contributed by atoms with Gasteiger partial charge in [-0.1, -0.05) is 6.92 Å². The first-order valence-electron chi connectivity index (χ1n) is 4.18. The first-order valence-corrected chi connectivity index (χ1v) is 4.18. The number of hydrogen-bond acceptors (Lipinski definition) is 3. The van der Waals surface area contributed by atoms with Crippen LogP contribution in [0.15, 0.2) is 0 Å². The topological polar surface area (TPSA) is 63.6 Å². The van der Waals surface area contributed by atoms with Crippen molar-refractivity contribution in [3.05, 3.63) is 0 Å². The van der Waals surface area contributed by atoms with Crippen molar-refractivity contribution in [2.45, 2.75) is 32.9 Å². The van der Waals surface area contributed by atoms with E-state index in [0.717, 1.165) is 0 Å². The molecule has 0 rings (SSSR count). The highest BCUT2D eigenvalue weighted by Gasteiger charge is 2.14. The summed E-state index contributed by atoms with van der Waals surface area (Å²) in [5.74, 6) is -2.82. The van der Waals surface area contributed by atoms with Gasteiger partial charge < -0.3 is 9.84 Å². The van der Waals surface area contributed by atoms with Gasteiger partial charge in [0.1, 0.15) is 0 Å². The Kier molecular flexibility index (Phi) is 10.0. The molecule has 7 heteroatoms. The minimum Gasteiger partial charge on any atom is -0.479 e. The van der Waals surface area contributed by atoms with Crippen molar-refractivity contribution >= 4 is 11.9 Å². The van der Waals surface area contributed by atoms with Gasteiger partial charge in [-0.25, -0.2) is 14.0 Å². The number of aliphatic carboxylic acids is 1. The van der Waals surface area contributed by atoms with Crippen LogP contribution in [0.4, 0.5) is 13.2 Å². The van der Waals surface area contributed by atoms with Gasteiger partial charge in [0.2, 0.25) is 0 Å². The lowest BCUT2D eigenvalue weighted by Gasteiger charge is -1.96. The predicted octanol–water partition coefficient (Wildman–Crippen LogP) is 1.63. The van der Waals surface area contributed by atoms with Gasteiger partial charge in [0.15, 0.2) is 6.17 Å². The van der Waals surface area contributed by atoms with Gasteiger partial charge in [0.25, 0.3) is 0 Å². The number of carboxylic acids is 1. The zero-order valence-electron chi connectivity index (χ0n) is 8.37. The molecule has 4 nitrogen and oxygen atoms in total. The number of ether oxygens (including phenoxy) is 1. The molecule has 90 valence electrons. The van der Waals surface area contributed by atoms with Crippen molar-refractivity contribution in [3.8, 4) is 0 Å². The van der Waals surface area contributed by atoms with Crippen LogP contribution in [-0.4, -0.2) is 36.2 Å². The van der Waals surface area contributed by atoms with E-state index in [0.29, 0.717) is 0 Å². The van der Waals surface area contributed by atoms with E-state index in [9.17, 15) is 22.8 Å². The van der Waals surface area contributed by atoms with Crippen LogP contribution < -0.4 is 0 Å². The fourth-order valence-corrected chi connectivity index (χ4v) is 0.380. The highest BCUT2D eigenvalue weighted by molar-refractivity contribution is 5.72. The number of rotatable bonds is 4. The number of alkyl halides is 3. The van der Waals surface area contributed by atoms with Crippen LogP contribution in [0, 0.1) is 0 Å². The van der Waals surface area contributed by atoms with Crippen LogP contribution in [0.25, 0.3) is 0 Å². The molecule has 0 saturated carbocycles. The van der Waals surface area contributed by atoms with Crippen molar-refractivity contribution in [2.75, 3.05) is 6.61 Å². The Hall–Kier alpha value is -1.27. The quantitative estimate of drug-likeness (QED) is 0.745. The van der Waals surface area contributed by atoms with E-state index in [2.05, 4.69) is 4.74 Å². The second kappa shape index (κ2) is 9.29. The molecule has 0 fully saturated rings. The molecule has 0 aromatic heterocycles. The maximum atomic E-state index is 11.7. The molecule has 0 heterocycles. The summed E-state index contributed by atoms with van der Waals surface area (Å²) in [6.45, 7) is 2.96. The van der Waals surface area contributed by atoms with Gasteiger partial charge in [-0.05, 0) is 13.3 Å². The lowest BCUT2D eigenvalue weighted by Crippen LogP contribution is -2.13. The first kappa shape index (κ1) is 16.2. The van der Waals surface area contributed by atoms with E-state index in [1.54, 1.807) is 0 Å². The third kappa shape index (κ3) is 10.7. The number of carboxylic acid groups (broad SMARTS) is 1. The summed E-state index contributed by atoms with van der Waals surface area (Å²) < 4.78 is 37.9. The maximum absolute atomic E-state index is 11.7. The second-order valence-corrected chi connectivity index (χ2v) is 2.27. The lowest BCUT2D eigenvalue weighted by molar-refractivity contribution is -0.155. The summed E-state index contributed by atoms with van der Waals surface area (Å²) >= 11 is 0. The van der Waals surface area contributed by atoms with E-state index in [1.165, 1.54) is 13.8 Å². The Labute approximate surface area is 85.0 Å². The fraction of sp³-hybridized carbons (Fsp3) is 0.750. The molecule has 1 unspecified atom stereocenters. The predicted molar refractivity (Wildman–Crippen MR) is 45.5 cm³/mol. The third-order valence-electron chi connectivity index (χ3n) is 1.09. The van der Waals surface area contributed by atoms with E-state index in [-0.39, 0.29) is 13.0 Å². The molecular weight excluding hydrogens is 217 g/mol. The van der Waals surface area contributed by atoms with Gasteiger partial charge in [-0.15, -0.1) is 0 Å². The van der Waals surface area contributed by atoms with Crippen LogP contribution >= 0.6 is 0 Å². The van der Waals surface area contributed by atoms with Crippen molar-refractivity contribution in [3.63, 3.8) is 0 Å². The maximum Gasteiger partial charge on any atom is 0.373 e. The minimum atomic E-state index is -2.99. The van der Waals surface area contributed by atoms with Gasteiger partial charge in [-0.2, -0.15) is 8.78 Å². The molecule has 0 aliphatic heterocycles. The Morgan fingerprint density at radius 3 is 1.80 bits per heavy atom. The minimum absolute atomic E-state index is 0.00315. The summed E-state index contributed by atoms with van der Waals surface area (Å²) in [6.07, 6.45) is -4.62. The first-order chi connectivity index (χ1) is 6.86. The molecule has 0 aromatic carbocycles. The number of carbonyl (C=O) groups excluding carboxylic acids is 1. The largest absolute Gasteiger partial charge is 0.479 e. The summed E-state index contributed by atoms with van der Waals surface area (Å²) in [4.78, 5) is 19.3. The highest BCUT2D eigenvalue weighted by atomic mass is 19.3. The molecule has 15 heavy (non-hydrogen) atoms. The smallest absolute Gasteiger partial charge is 0.373 e. The fourth-order valence-electron chi connectivity index (χ4n) is 0.380. The van der Waals surface area contributed by atoms with Crippen molar-refractivity contribution in [1.29, 1.82) is 0 Å². The Balaban J connectivity index is 0. The molecule has 0 spiro atoms. The van der Waals surface area contributed by atoms with E-state index >= 15 is 0 Å². The van der Waals surface area contributed by atoms with Crippen molar-refractivity contribution in [1.82, 2.24) is 0 Å². The monoisotopic (exact) mass is 230 g/mol. The Morgan fingerprint density at radius 2 is 1.73 bits per heavy atom. The molecular formula is C8H13F3O4. The van der Waals surface area contributed by atoms with Crippen LogP contribution in [-0.2, 0) is 14.3 Å². The molecule has 0 amide bonds. The highest BCUT2D eigenvalue weighted by Crippen LogP contribution is 1.94. The average molecular weight is 230 g/mol. The number of esters is 1. The van der Waals surface area contributed by atoms with Crippen LogP contribution in [0.5, 0.6) is 0 Å². The third-order valence-corrected chi connectivity index (χ3v) is 1.09. The van der Waals surface area contributed by atoms with E-state index in [1.807, 2.05) is 0 Å². The molecule has 0 aliphatic carbocycles. The summed E-state index contributed by atoms with van der Waals surface area (Å²) in [5.41, 5.74) is 0. The number of hydrogen-bond donors (Lipinski definition) is 1. The van der Waals surface area contributed by atoms with Crippen LogP contribution in [0.2, 0.25) is 0 Å². The van der Waals surface area contributed by atoms with Gasteiger partial charge in [0, 0.05) is 0 Å². The molecule has 0 bridgehead atoms. The molecule has 0 aliphatic rings. The average Bonchev–Trinajstić information content (AvgIpc) is 2.17. The molecule has 0 radical (unpaired) electrons. The molecule has 0 saturated heterocycles. The SMILES string of the molecule is CCC(F)C(=O)O.CCOC(=O)C(F)F. The van der Waals surface area contributed by atoms with Gasteiger partial charge >= 0.3 is 18.4 Å². The standard InChI is InChI=1S/C4H6F2O2.C4H7FO2/c1-2-8-4(7)3(5)6;1-2-3(5)4(6)7/h3H,2H2,1H3;3H,2H2,1H3,(H,6,7). The Bertz CT molecular complexity index is 196. The molecule has 1 atom stereocenters. The lowest BCUT2D eigenvalue weighted by atomic mass is 10.3. The molecule has 0 aromatic rings. The van der Waals surface area contributed by atoms with E-state index in [4.69, 9.17) is 5.11 Å². The number of carbonyl (C=O) groups is 2. The molecule has 1 N–H and O–H groups in total. The van der Waals surface area contributed by atoms with Crippen LogP contribution in [0.1, 0.15) is 20.3 Å². The van der Waals surface area contributed by atoms with Gasteiger partial charge in [-0.3, -0.25) is 0 Å².